The first-order chi connectivity index (χ1) is 9.91. The summed E-state index contributed by atoms with van der Waals surface area (Å²) in [6.07, 6.45) is 3.33. The van der Waals surface area contributed by atoms with Crippen molar-refractivity contribution in [2.45, 2.75) is 13.0 Å². The fourth-order valence-electron chi connectivity index (χ4n) is 1.91. The molecule has 8 heteroatoms. The van der Waals surface area contributed by atoms with Crippen LogP contribution in [0.1, 0.15) is 38.6 Å². The van der Waals surface area contributed by atoms with Crippen molar-refractivity contribution in [3.63, 3.8) is 0 Å². The molecule has 0 aliphatic carbocycles. The van der Waals surface area contributed by atoms with Crippen LogP contribution in [0.3, 0.4) is 0 Å². The van der Waals surface area contributed by atoms with Gasteiger partial charge < -0.3 is 22.5 Å². The summed E-state index contributed by atoms with van der Waals surface area (Å²) in [6, 6.07) is 3.56. The Morgan fingerprint density at radius 2 is 1.86 bits per heavy atom. The lowest BCUT2D eigenvalue weighted by molar-refractivity contribution is 0.0999. The van der Waals surface area contributed by atoms with Crippen molar-refractivity contribution in [1.29, 1.82) is 0 Å². The zero-order valence-corrected chi connectivity index (χ0v) is 12.1. The van der Waals surface area contributed by atoms with E-state index in [1.807, 2.05) is 19.1 Å². The molecule has 0 saturated heterocycles. The number of nitrogens with two attached hydrogens (primary N) is 3. The first-order valence-corrected chi connectivity index (χ1v) is 6.91. The maximum atomic E-state index is 11.5. The van der Waals surface area contributed by atoms with Gasteiger partial charge in [-0.05, 0) is 24.6 Å². The number of nitrogens with zero attached hydrogens (tertiary/aromatic N) is 1. The third-order valence-electron chi connectivity index (χ3n) is 2.97. The number of nitrogens with one attached hydrogen (secondary N) is 1. The van der Waals surface area contributed by atoms with Gasteiger partial charge in [0, 0.05) is 18.4 Å². The molecule has 2 heterocycles. The van der Waals surface area contributed by atoms with Crippen LogP contribution < -0.4 is 22.5 Å². The molecule has 1 atom stereocenters. The third-order valence-corrected chi connectivity index (χ3v) is 4.12. The van der Waals surface area contributed by atoms with Crippen LogP contribution >= 0.6 is 11.3 Å². The predicted molar refractivity (Wildman–Crippen MR) is 82.0 cm³/mol. The SMILES string of the molecule is CC(Nc1sc(C(N)=O)c(N)c1C(N)=O)c1ccncc1. The van der Waals surface area contributed by atoms with E-state index in [2.05, 4.69) is 10.3 Å². The molecule has 2 aromatic heterocycles. The van der Waals surface area contributed by atoms with Crippen molar-refractivity contribution in [2.24, 2.45) is 11.5 Å². The second-order valence-corrected chi connectivity index (χ2v) is 5.44. The van der Waals surface area contributed by atoms with Gasteiger partial charge in [-0.15, -0.1) is 11.3 Å². The Hall–Kier alpha value is -2.61. The molecule has 0 fully saturated rings. The number of rotatable bonds is 5. The monoisotopic (exact) mass is 305 g/mol. The highest BCUT2D eigenvalue weighted by Gasteiger charge is 2.23. The van der Waals surface area contributed by atoms with E-state index in [9.17, 15) is 9.59 Å². The van der Waals surface area contributed by atoms with Crippen LogP contribution in [0.15, 0.2) is 24.5 Å². The van der Waals surface area contributed by atoms with Gasteiger partial charge in [-0.2, -0.15) is 0 Å². The zero-order valence-electron chi connectivity index (χ0n) is 11.3. The van der Waals surface area contributed by atoms with Crippen LogP contribution in [0, 0.1) is 0 Å². The molecule has 110 valence electrons. The second-order valence-electron chi connectivity index (χ2n) is 4.42. The summed E-state index contributed by atoms with van der Waals surface area (Å²) in [7, 11) is 0. The van der Waals surface area contributed by atoms with Crippen LogP contribution in [0.2, 0.25) is 0 Å². The Morgan fingerprint density at radius 3 is 2.38 bits per heavy atom. The van der Waals surface area contributed by atoms with E-state index in [1.54, 1.807) is 12.4 Å². The molecule has 2 aromatic rings. The van der Waals surface area contributed by atoms with Gasteiger partial charge in [-0.25, -0.2) is 0 Å². The van der Waals surface area contributed by atoms with Gasteiger partial charge in [-0.3, -0.25) is 14.6 Å². The lowest BCUT2D eigenvalue weighted by atomic mass is 10.1. The summed E-state index contributed by atoms with van der Waals surface area (Å²) in [5.74, 6) is -1.40. The lowest BCUT2D eigenvalue weighted by Crippen LogP contribution is -2.17. The number of carbonyl (C=O) groups is 2. The van der Waals surface area contributed by atoms with Gasteiger partial charge in [0.05, 0.1) is 11.3 Å². The zero-order chi connectivity index (χ0) is 15.6. The Bertz CT molecular complexity index is 683. The van der Waals surface area contributed by atoms with Crippen LogP contribution in [-0.2, 0) is 0 Å². The van der Waals surface area contributed by atoms with Crippen molar-refractivity contribution in [3.05, 3.63) is 40.5 Å². The molecule has 0 aromatic carbocycles. The van der Waals surface area contributed by atoms with Crippen molar-refractivity contribution in [3.8, 4) is 0 Å². The summed E-state index contributed by atoms with van der Waals surface area (Å²) >= 11 is 1.02. The molecule has 0 spiro atoms. The molecule has 0 bridgehead atoms. The van der Waals surface area contributed by atoms with Crippen molar-refractivity contribution >= 4 is 33.8 Å². The molecule has 1 unspecified atom stereocenters. The molecule has 7 N–H and O–H groups in total. The first-order valence-electron chi connectivity index (χ1n) is 6.10. The van der Waals surface area contributed by atoms with E-state index < -0.39 is 11.8 Å². The average Bonchev–Trinajstić information content (AvgIpc) is 2.76. The summed E-state index contributed by atoms with van der Waals surface area (Å²) in [4.78, 5) is 26.9. The molecule has 21 heavy (non-hydrogen) atoms. The van der Waals surface area contributed by atoms with Crippen molar-refractivity contribution in [1.82, 2.24) is 4.98 Å². The number of hydrogen-bond donors (Lipinski definition) is 4. The fraction of sp³-hybridized carbons (Fsp3) is 0.154. The number of aromatic nitrogens is 1. The van der Waals surface area contributed by atoms with E-state index in [0.717, 1.165) is 16.9 Å². The topological polar surface area (TPSA) is 137 Å². The normalized spacial score (nSPS) is 11.9. The molecule has 7 nitrogen and oxygen atoms in total. The standard InChI is InChI=1S/C13H15N5O2S/c1-6(7-2-4-17-5-3-7)18-13-8(11(15)19)9(14)10(21-13)12(16)20/h2-6,18H,14H2,1H3,(H2,15,19)(H2,16,20). The molecular formula is C13H15N5O2S. The van der Waals surface area contributed by atoms with E-state index in [1.165, 1.54) is 0 Å². The Morgan fingerprint density at radius 1 is 1.24 bits per heavy atom. The number of hydrogen-bond acceptors (Lipinski definition) is 6. The number of pyridine rings is 1. The number of anilines is 2. The van der Waals surface area contributed by atoms with Gasteiger partial charge in [0.25, 0.3) is 11.8 Å². The highest BCUT2D eigenvalue weighted by atomic mass is 32.1. The number of nitrogen functional groups attached to an aromatic ring is 1. The average molecular weight is 305 g/mol. The minimum Gasteiger partial charge on any atom is -0.397 e. The van der Waals surface area contributed by atoms with Crippen molar-refractivity contribution in [2.75, 3.05) is 11.1 Å². The molecule has 2 amide bonds. The molecule has 2 rings (SSSR count). The van der Waals surface area contributed by atoms with Gasteiger partial charge in [-0.1, -0.05) is 0 Å². The lowest BCUT2D eigenvalue weighted by Gasteiger charge is -2.14. The number of thiophene rings is 1. The summed E-state index contributed by atoms with van der Waals surface area (Å²) in [5, 5.41) is 3.56. The Kier molecular flexibility index (Phi) is 4.08. The van der Waals surface area contributed by atoms with E-state index in [0.29, 0.717) is 5.00 Å². The van der Waals surface area contributed by atoms with Gasteiger partial charge in [0.2, 0.25) is 0 Å². The maximum Gasteiger partial charge on any atom is 0.260 e. The Labute approximate surface area is 125 Å². The fourth-order valence-corrected chi connectivity index (χ4v) is 2.97. The number of primary amides is 2. The molecule has 0 radical (unpaired) electrons. The highest BCUT2D eigenvalue weighted by Crippen LogP contribution is 2.37. The van der Waals surface area contributed by atoms with Crippen LogP contribution in [0.5, 0.6) is 0 Å². The Balaban J connectivity index is 2.38. The smallest absolute Gasteiger partial charge is 0.260 e. The van der Waals surface area contributed by atoms with Crippen LogP contribution in [0.25, 0.3) is 0 Å². The molecule has 0 aliphatic heterocycles. The molecule has 0 aliphatic rings. The maximum absolute atomic E-state index is 11.5. The minimum atomic E-state index is -0.708. The van der Waals surface area contributed by atoms with Gasteiger partial charge in [0.1, 0.15) is 9.88 Å². The van der Waals surface area contributed by atoms with Gasteiger partial charge in [0.15, 0.2) is 0 Å². The highest BCUT2D eigenvalue weighted by molar-refractivity contribution is 7.19. The molecular weight excluding hydrogens is 290 g/mol. The van der Waals surface area contributed by atoms with Crippen molar-refractivity contribution < 1.29 is 9.59 Å². The van der Waals surface area contributed by atoms with Gasteiger partial charge >= 0.3 is 0 Å². The quantitative estimate of drug-likeness (QED) is 0.655. The van der Waals surface area contributed by atoms with E-state index in [4.69, 9.17) is 17.2 Å². The number of amides is 2. The first kappa shape index (κ1) is 14.8. The summed E-state index contributed by atoms with van der Waals surface area (Å²) < 4.78 is 0. The van der Waals surface area contributed by atoms with E-state index >= 15 is 0 Å². The molecule has 0 saturated carbocycles. The van der Waals surface area contributed by atoms with Crippen LogP contribution in [-0.4, -0.2) is 16.8 Å². The largest absolute Gasteiger partial charge is 0.397 e. The number of carbonyl (C=O) groups excluding carboxylic acids is 2. The minimum absolute atomic E-state index is 0.0180. The summed E-state index contributed by atoms with van der Waals surface area (Å²) in [5.41, 5.74) is 17.4. The predicted octanol–water partition coefficient (Wildman–Crippen LogP) is 1.10. The third kappa shape index (κ3) is 2.95. The second kappa shape index (κ2) is 5.80. The van der Waals surface area contributed by atoms with E-state index in [-0.39, 0.29) is 22.2 Å². The summed E-state index contributed by atoms with van der Waals surface area (Å²) in [6.45, 7) is 1.90. The van der Waals surface area contributed by atoms with Crippen LogP contribution in [0.4, 0.5) is 10.7 Å².